The van der Waals surface area contributed by atoms with Crippen molar-refractivity contribution in [3.05, 3.63) is 11.6 Å². The van der Waals surface area contributed by atoms with Crippen LogP contribution >= 0.6 is 0 Å². The second kappa shape index (κ2) is 5.49. The summed E-state index contributed by atoms with van der Waals surface area (Å²) in [6, 6.07) is 0. The molecule has 4 aliphatic carbocycles. The van der Waals surface area contributed by atoms with Crippen molar-refractivity contribution in [1.82, 2.24) is 0 Å². The van der Waals surface area contributed by atoms with E-state index < -0.39 is 0 Å². The Hall–Kier alpha value is 0.487. The van der Waals surface area contributed by atoms with Crippen LogP contribution in [0.2, 0.25) is 0 Å². The summed E-state index contributed by atoms with van der Waals surface area (Å²) in [5, 5.41) is 11.2. The topological polar surface area (TPSA) is 37.3 Å². The summed E-state index contributed by atoms with van der Waals surface area (Å²) in [6.45, 7) is 4.76. The van der Waals surface area contributed by atoms with Gasteiger partial charge < -0.3 is 0 Å². The Morgan fingerprint density at radius 1 is 1.22 bits per heavy atom. The molecule has 124 valence electrons. The molecule has 2 nitrogen and oxygen atoms in total. The molecule has 6 atom stereocenters. The van der Waals surface area contributed by atoms with E-state index in [1.54, 1.807) is 46.5 Å². The molecular weight excluding hydrogens is 628 g/mol. The van der Waals surface area contributed by atoms with Gasteiger partial charge >= 0.3 is 161 Å². The summed E-state index contributed by atoms with van der Waals surface area (Å²) in [7, 11) is 0. The van der Waals surface area contributed by atoms with E-state index in [4.69, 9.17) is 0 Å². The molecule has 0 bridgehead atoms. The van der Waals surface area contributed by atoms with Gasteiger partial charge in [-0.3, -0.25) is 0 Å². The zero-order valence-corrected chi connectivity index (χ0v) is 19.7. The van der Waals surface area contributed by atoms with Gasteiger partial charge in [0, 0.05) is 0 Å². The third-order valence-corrected chi connectivity index (χ3v) is 11.3. The van der Waals surface area contributed by atoms with Gasteiger partial charge in [-0.05, 0) is 0 Å². The number of ketones is 1. The molecule has 6 unspecified atom stereocenters. The number of aliphatic hydroxyl groups is 1. The summed E-state index contributed by atoms with van der Waals surface area (Å²) in [4.78, 5) is 11.9. The van der Waals surface area contributed by atoms with E-state index in [-0.39, 0.29) is 16.9 Å². The van der Waals surface area contributed by atoms with Gasteiger partial charge in [-0.15, -0.1) is 0 Å². The minimum absolute atomic E-state index is 0.0433. The van der Waals surface area contributed by atoms with Crippen LogP contribution < -0.4 is 0 Å². The van der Waals surface area contributed by atoms with Crippen molar-refractivity contribution in [3.8, 4) is 0 Å². The molecule has 0 aromatic heterocycles. The van der Waals surface area contributed by atoms with Gasteiger partial charge in [0.15, 0.2) is 0 Å². The van der Waals surface area contributed by atoms with Gasteiger partial charge in [0.2, 0.25) is 0 Å². The Bertz CT molecular complexity index is 652. The summed E-state index contributed by atoms with van der Waals surface area (Å²) >= 11 is 3.20. The van der Waals surface area contributed by atoms with E-state index in [0.29, 0.717) is 24.0 Å². The molecule has 3 fully saturated rings. The van der Waals surface area contributed by atoms with Crippen LogP contribution in [-0.4, -0.2) is 24.8 Å². The third-order valence-electron chi connectivity index (χ3n) is 7.44. The summed E-state index contributed by atoms with van der Waals surface area (Å²) in [5.74, 6) is 1.93. The van der Waals surface area contributed by atoms with Crippen molar-refractivity contribution in [3.63, 3.8) is 0 Å². The number of allylic oxidation sites excluding steroid dienone is 1. The molecule has 4 rings (SSSR count). The molecular formula is C19H24O2W2. The maximum absolute atomic E-state index is 11.9. The molecule has 3 saturated carbocycles. The van der Waals surface area contributed by atoms with Gasteiger partial charge in [0.1, 0.15) is 0 Å². The second-order valence-electron chi connectivity index (χ2n) is 8.51. The van der Waals surface area contributed by atoms with E-state index >= 15 is 0 Å². The predicted molar refractivity (Wildman–Crippen MR) is 83.5 cm³/mol. The first-order valence-corrected chi connectivity index (χ1v) is 11.7. The summed E-state index contributed by atoms with van der Waals surface area (Å²) in [5.41, 5.74) is 1.63. The molecule has 1 N–H and O–H groups in total. The van der Waals surface area contributed by atoms with Gasteiger partial charge in [0.25, 0.3) is 0 Å². The Balaban J connectivity index is 1.82. The van der Waals surface area contributed by atoms with Crippen LogP contribution in [0.5, 0.6) is 0 Å². The Labute approximate surface area is 160 Å². The van der Waals surface area contributed by atoms with Crippen LogP contribution in [0.3, 0.4) is 0 Å². The van der Waals surface area contributed by atoms with Crippen LogP contribution in [0.25, 0.3) is 0 Å². The predicted octanol–water partition coefficient (Wildman–Crippen LogP) is 2.54. The average molecular weight is 652 g/mol. The fraction of sp³-hybridized carbons (Fsp3) is 0.737. The fourth-order valence-corrected chi connectivity index (χ4v) is 9.09. The SMILES string of the molecule is CC12CC(O)C3C([C](=[W])CC4=CC(=O)CCC43C)C1CC[C]2=[W]. The van der Waals surface area contributed by atoms with E-state index in [2.05, 4.69) is 13.8 Å². The summed E-state index contributed by atoms with van der Waals surface area (Å²) < 4.78 is 3.29. The molecule has 0 aliphatic heterocycles. The second-order valence-corrected chi connectivity index (χ2v) is 12.2. The molecule has 0 amide bonds. The van der Waals surface area contributed by atoms with Gasteiger partial charge in [-0.25, -0.2) is 0 Å². The Morgan fingerprint density at radius 3 is 2.70 bits per heavy atom. The van der Waals surface area contributed by atoms with Crippen LogP contribution in [0.4, 0.5) is 0 Å². The molecule has 0 saturated heterocycles. The molecule has 23 heavy (non-hydrogen) atoms. The zero-order valence-electron chi connectivity index (χ0n) is 13.8. The minimum atomic E-state index is -0.218. The van der Waals surface area contributed by atoms with E-state index in [9.17, 15) is 9.90 Å². The molecule has 0 spiro atoms. The molecule has 4 aliphatic rings. The number of rotatable bonds is 0. The first-order valence-electron chi connectivity index (χ1n) is 8.75. The van der Waals surface area contributed by atoms with Gasteiger partial charge in [-0.1, -0.05) is 0 Å². The monoisotopic (exact) mass is 652 g/mol. The number of carbonyl (C=O) groups is 1. The number of carbonyl (C=O) groups excluding carboxylic acids is 1. The molecule has 0 heterocycles. The van der Waals surface area contributed by atoms with Crippen molar-refractivity contribution in [2.75, 3.05) is 0 Å². The van der Waals surface area contributed by atoms with Crippen molar-refractivity contribution in [1.29, 1.82) is 0 Å². The quantitative estimate of drug-likeness (QED) is 0.438. The number of hydrogen-bond donors (Lipinski definition) is 1. The van der Waals surface area contributed by atoms with Crippen molar-refractivity contribution in [2.24, 2.45) is 28.6 Å². The van der Waals surface area contributed by atoms with Crippen LogP contribution in [0.15, 0.2) is 11.6 Å². The molecule has 4 heteroatoms. The van der Waals surface area contributed by atoms with E-state index in [1.807, 2.05) is 6.08 Å². The maximum atomic E-state index is 11.9. The van der Waals surface area contributed by atoms with Crippen LogP contribution in [0.1, 0.15) is 52.4 Å². The van der Waals surface area contributed by atoms with Crippen molar-refractivity contribution >= 4 is 13.6 Å². The first-order chi connectivity index (χ1) is 10.8. The van der Waals surface area contributed by atoms with Crippen LogP contribution in [0, 0.1) is 28.6 Å². The Kier molecular flexibility index (Phi) is 4.04. The molecule has 0 aromatic rings. The van der Waals surface area contributed by atoms with Crippen LogP contribution in [-0.2, 0) is 43.5 Å². The molecule has 0 radical (unpaired) electrons. The van der Waals surface area contributed by atoms with E-state index in [0.717, 1.165) is 25.2 Å². The fourth-order valence-electron chi connectivity index (χ4n) is 6.15. The number of hydrogen-bond acceptors (Lipinski definition) is 2. The average Bonchev–Trinajstić information content (AvgIpc) is 2.76. The third kappa shape index (κ3) is 2.27. The van der Waals surface area contributed by atoms with Crippen molar-refractivity contribution in [2.45, 2.75) is 58.5 Å². The Morgan fingerprint density at radius 2 is 1.96 bits per heavy atom. The molecule has 0 aromatic carbocycles. The zero-order chi connectivity index (χ0) is 16.6. The van der Waals surface area contributed by atoms with Gasteiger partial charge in [0.05, 0.1) is 0 Å². The van der Waals surface area contributed by atoms with E-state index in [1.165, 1.54) is 18.4 Å². The first kappa shape index (κ1) is 16.9. The van der Waals surface area contributed by atoms with Gasteiger partial charge in [-0.2, -0.15) is 0 Å². The summed E-state index contributed by atoms with van der Waals surface area (Å²) in [6.07, 6.45) is 7.86. The number of fused-ring (bicyclic) bond motifs is 5. The number of aliphatic hydroxyl groups excluding tert-OH is 1. The normalized spacial score (nSPS) is 49.3. The standard InChI is InChI=1S/C19H24O2.2W/c1-18-8-3-4-15(18)14-6-5-12-10-13(20)7-9-19(12,2)17(14)16(21)11-18;;/h10,14-17,21H,3-5,7,9,11H2,1-2H3;;. The van der Waals surface area contributed by atoms with Crippen molar-refractivity contribution < 1.29 is 48.6 Å².